The minimum absolute atomic E-state index is 0.0193. The van der Waals surface area contributed by atoms with Gasteiger partial charge >= 0.3 is 0 Å². The van der Waals surface area contributed by atoms with Crippen LogP contribution in [0.2, 0.25) is 0 Å². The molecule has 0 aliphatic rings. The molecule has 0 aliphatic heterocycles. The number of fused-ring (bicyclic) bond motifs is 25. The molecule has 0 saturated carbocycles. The highest BCUT2D eigenvalue weighted by atomic mass is 16.3. The van der Waals surface area contributed by atoms with Crippen LogP contribution in [0.1, 0.15) is 82.2 Å². The maximum atomic E-state index is 9.74. The number of hydrogen-bond donors (Lipinski definition) is 0. The van der Waals surface area contributed by atoms with Crippen molar-refractivity contribution >= 4 is 217 Å². The number of benzene rings is 28. The van der Waals surface area contributed by atoms with Crippen LogP contribution in [0, 0.1) is 0 Å². The number of hydrogen-bond acceptors (Lipinski definition) is 4. The number of furan rings is 4. The van der Waals surface area contributed by atoms with Crippen LogP contribution in [0.25, 0.3) is 306 Å². The molecule has 4 heteroatoms. The van der Waals surface area contributed by atoms with Gasteiger partial charge in [0, 0.05) is 43.1 Å². The SMILES string of the molecule is [2H]c1c([2H])c([2H])c(-c2c3c([2H])c([2H])c([2H])c([2H])c3c(-c3cccc4oc5ccccc5c34)c3c([2H])c([2H])c([2H])c([2H])c23)c([2H])c1[2H].[2H]c1c([2H])c([2H])c2c(-c3c4c([2H])c([2H])c([2H])c([2H])c4c(-c4cccc5oc6ccccc6c45)c4c([2H])c([2H])c([2H])c([2H])c34)c([2H])c([2H])c([2H])c2c1[2H].[2H]c1c([2H])c([2H])c2c(-c3cccc4oc5ccccc5c34)c3c([2H])c([2H])c([2H])c([2H])c3c(-c3c([2H])c4c([2H])c([2H])c([2H])c([2H])c4c4c([2H])c([2H])c([2H])c([2H])c34)c2c1[2H].[2H]c1c([2H])c([2H])c2c([2H])c(-c3c4c([2H])c([2H])c([2H])c([2H])c4c(-c4cccc5oc6ccccc6c45)c4c([2H])c([2H])c([2H])c([2H])c34)c([2H])c([2H])c2c1[2H]. The van der Waals surface area contributed by atoms with E-state index in [-0.39, 0.29) is 131 Å². The summed E-state index contributed by atoms with van der Waals surface area (Å²) in [4.78, 5) is 0. The Bertz CT molecular complexity index is 14700. The van der Waals surface area contributed by atoms with Crippen molar-refractivity contribution in [1.82, 2.24) is 0 Å². The van der Waals surface area contributed by atoms with Crippen LogP contribution in [0.15, 0.2) is 550 Å². The Labute approximate surface area is 935 Å². The first-order valence-electron chi connectivity index (χ1n) is 75.9. The zero-order valence-electron chi connectivity index (χ0n) is 136. The maximum absolute atomic E-state index is 9.74. The molecule has 4 heterocycles. The van der Waals surface area contributed by atoms with Crippen LogP contribution in [-0.4, -0.2) is 0 Å². The highest BCUT2D eigenvalue weighted by Crippen LogP contribution is 2.55. The standard InChI is InChI=1S/C40H24O.2C36H22O.C32H20O/c1-2-13-26-25(12-1)24-35(28-15-4-3-14-27(26)28)39-31-18-7-5-16-29(31)38(30-17-6-8-19-32(30)39)34-21-11-23-37-40(34)33-20-9-10-22-36(33)41-37;1-2-13-24-23(11-1)12-9-19-25(24)34-26-14-3-5-16-28(26)35(29-17-6-4-15-27(29)34)31-20-10-22-33-36(31)30-18-7-8-21-32(30)37-33;1-2-11-24-22-25(21-20-23(24)10-1)34-26-12-3-5-14-28(26)35(29-15-6-4-13-27(29)34)31-17-9-19-33-36(31)30-16-7-8-18-32(30)37-33;1-2-11-21(12-3-1)30-22-13-4-6-15-24(22)31(25-16-7-5-14-23(25)30)27-18-10-20-29-32(27)26-17-8-9-19-28(26)33-29/h1-24H;2*1-22H;1-20H/i1D,2D,3D,4D,5D,6D,7D,8D,12D,13D,14D,15D,16D,17D,18D,19D,24D;1D,2D,3D,4D,5D,6D,9D,11D,12D,13D,14D,15D,16D,17D,19D;1D,2D,3D,4D,5D,6D,10D,11D,12D,13D,14D,15D,20D,21D,22D;1D,2D,3D,4D,5D,6D,7D,11D,12D,13D,14D,15D,16D. The lowest BCUT2D eigenvalue weighted by atomic mass is 9.83. The summed E-state index contributed by atoms with van der Waals surface area (Å²) in [5.74, 6) is 0. The highest BCUT2D eigenvalue weighted by molar-refractivity contribution is 6.33. The number of para-hydroxylation sites is 4. The smallest absolute Gasteiger partial charge is 0.136 e. The summed E-state index contributed by atoms with van der Waals surface area (Å²) in [6.45, 7) is 0. The van der Waals surface area contributed by atoms with Gasteiger partial charge in [0.15, 0.2) is 0 Å². The van der Waals surface area contributed by atoms with Crippen molar-refractivity contribution in [1.29, 1.82) is 0 Å². The lowest BCUT2D eigenvalue weighted by Gasteiger charge is -2.20. The maximum Gasteiger partial charge on any atom is 0.136 e. The second kappa shape index (κ2) is 35.3. The van der Waals surface area contributed by atoms with Crippen LogP contribution in [0.4, 0.5) is 0 Å². The molecule has 0 fully saturated rings. The van der Waals surface area contributed by atoms with Gasteiger partial charge in [0.2, 0.25) is 0 Å². The summed E-state index contributed by atoms with van der Waals surface area (Å²) in [5.41, 5.74) is 1.65. The summed E-state index contributed by atoms with van der Waals surface area (Å²) in [7, 11) is 0. The van der Waals surface area contributed by atoms with E-state index in [0.29, 0.717) is 104 Å². The average Bonchev–Trinajstić information content (AvgIpc) is 0.775. The quantitative estimate of drug-likeness (QED) is 0.112. The normalized spacial score (nSPS) is 17.5. The second-order valence-electron chi connectivity index (χ2n) is 34.1. The van der Waals surface area contributed by atoms with Gasteiger partial charge in [-0.3, -0.25) is 0 Å². The van der Waals surface area contributed by atoms with Crippen molar-refractivity contribution in [3.8, 4) is 89.0 Å². The van der Waals surface area contributed by atoms with E-state index in [1.54, 1.807) is 170 Å². The van der Waals surface area contributed by atoms with Crippen LogP contribution in [0.3, 0.4) is 0 Å². The molecule has 0 aliphatic carbocycles. The van der Waals surface area contributed by atoms with E-state index in [2.05, 4.69) is 0 Å². The Morgan fingerprint density at radius 1 is 0.122 bits per heavy atom. The van der Waals surface area contributed by atoms with Crippen LogP contribution >= 0.6 is 0 Å². The molecule has 4 nitrogen and oxygen atoms in total. The summed E-state index contributed by atoms with van der Waals surface area (Å²) in [6.07, 6.45) is 0. The van der Waals surface area contributed by atoms with Crippen molar-refractivity contribution in [3.05, 3.63) is 532 Å². The summed E-state index contributed by atoms with van der Waals surface area (Å²) >= 11 is 0. The Hall–Kier alpha value is -19.5. The second-order valence-corrected chi connectivity index (χ2v) is 34.1. The first-order chi connectivity index (χ1) is 98.4. The molecule has 0 saturated heterocycles. The van der Waals surface area contributed by atoms with Gasteiger partial charge < -0.3 is 17.7 Å². The molecule has 0 bridgehead atoms. The predicted octanol–water partition coefficient (Wildman–Crippen LogP) is 41.5. The van der Waals surface area contributed by atoms with Crippen molar-refractivity contribution in [2.75, 3.05) is 0 Å². The Morgan fingerprint density at radius 2 is 0.372 bits per heavy atom. The minimum atomic E-state index is -0.786. The highest BCUT2D eigenvalue weighted by Gasteiger charge is 2.28. The topological polar surface area (TPSA) is 52.6 Å². The van der Waals surface area contributed by atoms with Crippen molar-refractivity contribution in [2.24, 2.45) is 0 Å². The minimum Gasteiger partial charge on any atom is -0.456 e. The first-order valence-corrected chi connectivity index (χ1v) is 45.9. The van der Waals surface area contributed by atoms with E-state index in [9.17, 15) is 23.3 Å². The third-order valence-electron chi connectivity index (χ3n) is 26.4. The largest absolute Gasteiger partial charge is 0.456 e. The molecule has 0 spiro atoms. The zero-order chi connectivity index (χ0) is 150. The van der Waals surface area contributed by atoms with E-state index in [1.807, 2.05) is 0 Å². The van der Waals surface area contributed by atoms with Gasteiger partial charge in [-0.05, 0) is 279 Å². The molecule has 0 radical (unpaired) electrons. The average molecular weight is 1940 g/mol. The van der Waals surface area contributed by atoms with E-state index in [4.69, 9.17) is 76.6 Å². The lowest BCUT2D eigenvalue weighted by molar-refractivity contribution is 0.668. The van der Waals surface area contributed by atoms with Gasteiger partial charge in [-0.25, -0.2) is 0 Å². The lowest BCUT2D eigenvalue weighted by Crippen LogP contribution is -1.92. The summed E-state index contributed by atoms with van der Waals surface area (Å²) in [6, 6.07) is 7.72. The summed E-state index contributed by atoms with van der Waals surface area (Å²) < 4.78 is 557. The van der Waals surface area contributed by atoms with Gasteiger partial charge in [0.1, 0.15) is 44.7 Å². The van der Waals surface area contributed by atoms with Crippen LogP contribution in [0.5, 0.6) is 0 Å². The third kappa shape index (κ3) is 13.8. The van der Waals surface area contributed by atoms with Crippen LogP contribution < -0.4 is 0 Å². The van der Waals surface area contributed by atoms with E-state index < -0.39 is 433 Å². The van der Waals surface area contributed by atoms with Crippen molar-refractivity contribution in [2.45, 2.75) is 0 Å². The fourth-order valence-electron chi connectivity index (χ4n) is 20.4. The van der Waals surface area contributed by atoms with Gasteiger partial charge in [0.05, 0.1) is 82.2 Å². The van der Waals surface area contributed by atoms with Gasteiger partial charge in [-0.2, -0.15) is 0 Å². The van der Waals surface area contributed by atoms with Gasteiger partial charge in [-0.15, -0.1) is 0 Å². The Morgan fingerprint density at radius 3 is 0.730 bits per heavy atom. The van der Waals surface area contributed by atoms with Crippen molar-refractivity contribution in [3.63, 3.8) is 0 Å². The molecular weight excluding hydrogens is 1790 g/mol. The fourth-order valence-corrected chi connectivity index (χ4v) is 20.4. The zero-order valence-corrected chi connectivity index (χ0v) is 75.8. The third-order valence-corrected chi connectivity index (χ3v) is 26.4. The van der Waals surface area contributed by atoms with E-state index >= 15 is 0 Å². The predicted molar refractivity (Wildman–Crippen MR) is 628 cm³/mol. The molecule has 32 aromatic rings. The Kier molecular flexibility index (Phi) is 10.6. The first kappa shape index (κ1) is 44.6. The molecular formula is C144H88O4. The monoisotopic (exact) mass is 1940 g/mol. The molecule has 32 rings (SSSR count). The summed E-state index contributed by atoms with van der Waals surface area (Å²) in [5, 5.41) is -2.79. The van der Waals surface area contributed by atoms with Crippen molar-refractivity contribution < 1.29 is 99.9 Å². The van der Waals surface area contributed by atoms with Crippen LogP contribution in [-0.2, 0) is 0 Å². The van der Waals surface area contributed by atoms with Gasteiger partial charge in [-0.1, -0.05) is 472 Å². The molecule has 0 amide bonds. The molecule has 148 heavy (non-hydrogen) atoms. The molecule has 0 N–H and O–H groups in total. The Balaban J connectivity index is 0.000000119. The van der Waals surface area contributed by atoms with Gasteiger partial charge in [0.25, 0.3) is 0 Å². The molecule has 4 aromatic heterocycles. The molecule has 688 valence electrons. The van der Waals surface area contributed by atoms with E-state index in [1.165, 1.54) is 0 Å². The fraction of sp³-hybridized carbons (Fsp3) is 0. The molecule has 0 atom stereocenters. The number of rotatable bonds is 8. The molecule has 28 aromatic carbocycles. The van der Waals surface area contributed by atoms with E-state index in [0.717, 1.165) is 0 Å². The molecule has 0 unspecified atom stereocenters.